The quantitative estimate of drug-likeness (QED) is 0.451. The molecule has 0 saturated carbocycles. The van der Waals surface area contributed by atoms with Crippen LogP contribution in [-0.2, 0) is 0 Å². The number of halogens is 1. The Kier molecular flexibility index (Phi) is 4.39. The smallest absolute Gasteiger partial charge is 0.280 e. The van der Waals surface area contributed by atoms with Crippen molar-refractivity contribution in [1.29, 1.82) is 0 Å². The predicted molar refractivity (Wildman–Crippen MR) is 93.2 cm³/mol. The SMILES string of the molecule is O=[N+]([O-])C(=Cc1ccc(-c2ccc(Br)cc2)o1)c1ccccc1. The predicted octanol–water partition coefficient (Wildman–Crippen LogP) is 5.48. The van der Waals surface area contributed by atoms with E-state index >= 15 is 0 Å². The van der Waals surface area contributed by atoms with Crippen LogP contribution in [0.5, 0.6) is 0 Å². The van der Waals surface area contributed by atoms with Crippen LogP contribution in [0.25, 0.3) is 23.1 Å². The summed E-state index contributed by atoms with van der Waals surface area (Å²) in [5, 5.41) is 11.3. The van der Waals surface area contributed by atoms with Crippen molar-refractivity contribution in [2.45, 2.75) is 0 Å². The van der Waals surface area contributed by atoms with Crippen molar-refractivity contribution in [2.75, 3.05) is 0 Å². The minimum absolute atomic E-state index is 0.00214. The molecule has 0 atom stereocenters. The van der Waals surface area contributed by atoms with Crippen LogP contribution in [0.15, 0.2) is 75.6 Å². The Balaban J connectivity index is 1.95. The Morgan fingerprint density at radius 2 is 1.70 bits per heavy atom. The van der Waals surface area contributed by atoms with Gasteiger partial charge in [-0.2, -0.15) is 0 Å². The van der Waals surface area contributed by atoms with Crippen molar-refractivity contribution in [3.05, 3.63) is 92.6 Å². The molecule has 5 heteroatoms. The van der Waals surface area contributed by atoms with E-state index < -0.39 is 4.92 Å². The van der Waals surface area contributed by atoms with Crippen molar-refractivity contribution in [3.63, 3.8) is 0 Å². The van der Waals surface area contributed by atoms with Gasteiger partial charge in [0.05, 0.1) is 16.6 Å². The summed E-state index contributed by atoms with van der Waals surface area (Å²) in [6.07, 6.45) is 1.44. The highest BCUT2D eigenvalue weighted by Gasteiger charge is 2.15. The van der Waals surface area contributed by atoms with E-state index in [0.29, 0.717) is 17.1 Å². The molecule has 4 nitrogen and oxygen atoms in total. The number of rotatable bonds is 4. The maximum atomic E-state index is 11.3. The molecule has 1 heterocycles. The summed E-state index contributed by atoms with van der Waals surface area (Å²) in [5.41, 5.74) is 1.46. The molecule has 2 aromatic carbocycles. The van der Waals surface area contributed by atoms with E-state index in [2.05, 4.69) is 15.9 Å². The Morgan fingerprint density at radius 3 is 2.35 bits per heavy atom. The first kappa shape index (κ1) is 15.2. The molecule has 0 aliphatic heterocycles. The highest BCUT2D eigenvalue weighted by Crippen LogP contribution is 2.26. The van der Waals surface area contributed by atoms with Crippen LogP contribution in [0, 0.1) is 10.1 Å². The molecule has 0 aliphatic carbocycles. The lowest BCUT2D eigenvalue weighted by Crippen LogP contribution is -1.97. The molecule has 0 radical (unpaired) electrons. The van der Waals surface area contributed by atoms with Gasteiger partial charge in [-0.15, -0.1) is 0 Å². The second-order valence-corrected chi connectivity index (χ2v) is 5.78. The third-order valence-electron chi connectivity index (χ3n) is 3.30. The number of furan rings is 1. The summed E-state index contributed by atoms with van der Waals surface area (Å²) in [4.78, 5) is 10.9. The van der Waals surface area contributed by atoms with Crippen molar-refractivity contribution < 1.29 is 9.34 Å². The van der Waals surface area contributed by atoms with Gasteiger partial charge >= 0.3 is 0 Å². The average molecular weight is 370 g/mol. The van der Waals surface area contributed by atoms with Crippen molar-refractivity contribution in [3.8, 4) is 11.3 Å². The van der Waals surface area contributed by atoms with Crippen LogP contribution in [0.4, 0.5) is 0 Å². The summed E-state index contributed by atoms with van der Waals surface area (Å²) in [6.45, 7) is 0. The molecule has 3 aromatic rings. The Bertz CT molecular complexity index is 851. The first-order valence-corrected chi connectivity index (χ1v) is 7.70. The highest BCUT2D eigenvalue weighted by atomic mass is 79.9. The Labute approximate surface area is 141 Å². The molecular weight excluding hydrogens is 358 g/mol. The van der Waals surface area contributed by atoms with Gasteiger partial charge in [-0.1, -0.05) is 46.3 Å². The zero-order valence-corrected chi connectivity index (χ0v) is 13.6. The number of benzene rings is 2. The van der Waals surface area contributed by atoms with Crippen LogP contribution in [0.3, 0.4) is 0 Å². The largest absolute Gasteiger partial charge is 0.456 e. The van der Waals surface area contributed by atoms with Gasteiger partial charge in [-0.05, 0) is 36.4 Å². The number of hydrogen-bond donors (Lipinski definition) is 0. The zero-order valence-electron chi connectivity index (χ0n) is 12.0. The van der Waals surface area contributed by atoms with Crippen LogP contribution in [0.2, 0.25) is 0 Å². The lowest BCUT2D eigenvalue weighted by molar-refractivity contribution is -0.374. The van der Waals surface area contributed by atoms with Crippen LogP contribution < -0.4 is 0 Å². The fraction of sp³-hybridized carbons (Fsp3) is 0. The van der Waals surface area contributed by atoms with Crippen molar-refractivity contribution in [1.82, 2.24) is 0 Å². The lowest BCUT2D eigenvalue weighted by atomic mass is 10.1. The number of hydrogen-bond acceptors (Lipinski definition) is 3. The van der Waals surface area contributed by atoms with Gasteiger partial charge in [0.2, 0.25) is 0 Å². The van der Waals surface area contributed by atoms with Crippen LogP contribution >= 0.6 is 15.9 Å². The van der Waals surface area contributed by atoms with Crippen LogP contribution in [-0.4, -0.2) is 4.92 Å². The summed E-state index contributed by atoms with van der Waals surface area (Å²) in [6, 6.07) is 20.0. The normalized spacial score (nSPS) is 11.4. The molecule has 23 heavy (non-hydrogen) atoms. The molecule has 0 unspecified atom stereocenters. The summed E-state index contributed by atoms with van der Waals surface area (Å²) >= 11 is 3.38. The molecule has 0 aliphatic rings. The molecule has 0 amide bonds. The maximum absolute atomic E-state index is 11.3. The van der Waals surface area contributed by atoms with E-state index in [0.717, 1.165) is 10.0 Å². The monoisotopic (exact) mass is 369 g/mol. The van der Waals surface area contributed by atoms with Gasteiger partial charge in [0.25, 0.3) is 5.70 Å². The van der Waals surface area contributed by atoms with Crippen molar-refractivity contribution in [2.24, 2.45) is 0 Å². The molecular formula is C18H12BrNO3. The lowest BCUT2D eigenvalue weighted by Gasteiger charge is -1.98. The van der Waals surface area contributed by atoms with E-state index in [1.54, 1.807) is 36.4 Å². The summed E-state index contributed by atoms with van der Waals surface area (Å²) < 4.78 is 6.69. The minimum Gasteiger partial charge on any atom is -0.456 e. The summed E-state index contributed by atoms with van der Waals surface area (Å²) in [5.74, 6) is 1.11. The van der Waals surface area contributed by atoms with Gasteiger partial charge in [0.15, 0.2) is 0 Å². The minimum atomic E-state index is -0.406. The number of nitrogens with zero attached hydrogens (tertiary/aromatic N) is 1. The third kappa shape index (κ3) is 3.57. The van der Waals surface area contributed by atoms with E-state index in [4.69, 9.17) is 4.42 Å². The second-order valence-electron chi connectivity index (χ2n) is 4.86. The standard InChI is InChI=1S/C18H12BrNO3/c19-15-8-6-14(7-9-15)18-11-10-16(23-18)12-17(20(21)22)13-4-2-1-3-5-13/h1-12H. The average Bonchev–Trinajstić information content (AvgIpc) is 3.02. The summed E-state index contributed by atoms with van der Waals surface area (Å²) in [7, 11) is 0. The molecule has 3 rings (SSSR count). The molecule has 114 valence electrons. The first-order chi connectivity index (χ1) is 11.1. The van der Waals surface area contributed by atoms with E-state index in [9.17, 15) is 10.1 Å². The van der Waals surface area contributed by atoms with E-state index in [-0.39, 0.29) is 5.70 Å². The molecule has 0 N–H and O–H groups in total. The van der Waals surface area contributed by atoms with Gasteiger partial charge in [-0.3, -0.25) is 10.1 Å². The van der Waals surface area contributed by atoms with Crippen molar-refractivity contribution >= 4 is 27.7 Å². The topological polar surface area (TPSA) is 56.3 Å². The van der Waals surface area contributed by atoms with Gasteiger partial charge < -0.3 is 4.42 Å². The van der Waals surface area contributed by atoms with Crippen LogP contribution in [0.1, 0.15) is 11.3 Å². The fourth-order valence-corrected chi connectivity index (χ4v) is 2.45. The fourth-order valence-electron chi connectivity index (χ4n) is 2.18. The molecule has 0 saturated heterocycles. The third-order valence-corrected chi connectivity index (χ3v) is 3.83. The van der Waals surface area contributed by atoms with E-state index in [1.807, 2.05) is 30.3 Å². The maximum Gasteiger partial charge on any atom is 0.280 e. The molecule has 0 spiro atoms. The first-order valence-electron chi connectivity index (χ1n) is 6.91. The molecule has 0 bridgehead atoms. The van der Waals surface area contributed by atoms with Gasteiger partial charge in [0.1, 0.15) is 11.5 Å². The Hall–Kier alpha value is -2.66. The molecule has 0 fully saturated rings. The second kappa shape index (κ2) is 6.62. The Morgan fingerprint density at radius 1 is 1.00 bits per heavy atom. The zero-order chi connectivity index (χ0) is 16.2. The molecule has 1 aromatic heterocycles. The highest BCUT2D eigenvalue weighted by molar-refractivity contribution is 9.10. The van der Waals surface area contributed by atoms with Gasteiger partial charge in [0, 0.05) is 10.0 Å². The van der Waals surface area contributed by atoms with Gasteiger partial charge in [-0.25, -0.2) is 0 Å². The van der Waals surface area contributed by atoms with E-state index in [1.165, 1.54) is 6.08 Å². The number of nitro groups is 1.